The van der Waals surface area contributed by atoms with E-state index in [2.05, 4.69) is 241 Å². The number of hydrogen-bond donors (Lipinski definition) is 0. The van der Waals surface area contributed by atoms with Crippen LogP contribution in [-0.4, -0.2) is 14.5 Å². The van der Waals surface area contributed by atoms with Crippen LogP contribution in [0.1, 0.15) is 0 Å². The molecule has 0 aliphatic rings. The number of benzene rings is 10. The fourth-order valence-corrected chi connectivity index (χ4v) is 9.42. The molecule has 0 saturated carbocycles. The number of aromatic nitrogens is 3. The fourth-order valence-electron chi connectivity index (χ4n) is 9.42. The fraction of sp³-hybridized carbons (Fsp3) is 0. The van der Waals surface area contributed by atoms with Crippen molar-refractivity contribution < 1.29 is 0 Å². The van der Waals surface area contributed by atoms with Crippen molar-refractivity contribution in [2.75, 3.05) is 0 Å². The van der Waals surface area contributed by atoms with Gasteiger partial charge in [0.25, 0.3) is 0 Å². The monoisotopic (exact) mass is 853 g/mol. The summed E-state index contributed by atoms with van der Waals surface area (Å²) in [7, 11) is 0. The highest BCUT2D eigenvalue weighted by atomic mass is 15.0. The average molecular weight is 854 g/mol. The average Bonchev–Trinajstić information content (AvgIpc) is 3.76. The van der Waals surface area contributed by atoms with E-state index in [9.17, 15) is 0 Å². The van der Waals surface area contributed by atoms with Gasteiger partial charge in [-0.25, -0.2) is 9.97 Å². The predicted molar refractivity (Wildman–Crippen MR) is 280 cm³/mol. The summed E-state index contributed by atoms with van der Waals surface area (Å²) in [4.78, 5) is 10.1. The molecule has 0 atom stereocenters. The molecule has 0 unspecified atom stereocenters. The van der Waals surface area contributed by atoms with Gasteiger partial charge in [0.2, 0.25) is 0 Å². The number of nitrogens with zero attached hydrogens (tertiary/aromatic N) is 3. The highest BCUT2D eigenvalue weighted by molar-refractivity contribution is 6.09. The van der Waals surface area contributed by atoms with Crippen LogP contribution in [0.15, 0.2) is 261 Å². The Morgan fingerprint density at radius 2 is 0.522 bits per heavy atom. The summed E-state index contributed by atoms with van der Waals surface area (Å²) < 4.78 is 2.38. The summed E-state index contributed by atoms with van der Waals surface area (Å²) in [6.45, 7) is 0. The van der Waals surface area contributed by atoms with Crippen molar-refractivity contribution in [1.29, 1.82) is 0 Å². The smallest absolute Gasteiger partial charge is 0.160 e. The van der Waals surface area contributed by atoms with Crippen LogP contribution in [0.5, 0.6) is 0 Å². The van der Waals surface area contributed by atoms with E-state index in [1.807, 2.05) is 24.3 Å². The lowest BCUT2D eigenvalue weighted by Crippen LogP contribution is -1.96. The van der Waals surface area contributed by atoms with Crippen LogP contribution in [0.4, 0.5) is 0 Å². The topological polar surface area (TPSA) is 30.7 Å². The van der Waals surface area contributed by atoms with E-state index in [1.54, 1.807) is 0 Å². The summed E-state index contributed by atoms with van der Waals surface area (Å²) in [5.74, 6) is 0.704. The van der Waals surface area contributed by atoms with E-state index in [-0.39, 0.29) is 0 Å². The van der Waals surface area contributed by atoms with Gasteiger partial charge in [0.05, 0.1) is 22.4 Å². The summed E-state index contributed by atoms with van der Waals surface area (Å²) >= 11 is 0. The normalized spacial score (nSPS) is 11.3. The first kappa shape index (κ1) is 39.7. The van der Waals surface area contributed by atoms with Gasteiger partial charge in [0, 0.05) is 33.2 Å². The Morgan fingerprint density at radius 1 is 0.224 bits per heavy atom. The number of hydrogen-bond acceptors (Lipinski definition) is 2. The van der Waals surface area contributed by atoms with Crippen molar-refractivity contribution in [3.05, 3.63) is 261 Å². The molecule has 0 aliphatic carbocycles. The van der Waals surface area contributed by atoms with Crippen molar-refractivity contribution in [2.24, 2.45) is 0 Å². The second-order valence-corrected chi connectivity index (χ2v) is 17.0. The van der Waals surface area contributed by atoms with Crippen molar-refractivity contribution in [2.45, 2.75) is 0 Å². The second kappa shape index (κ2) is 17.2. The third-order valence-electron chi connectivity index (χ3n) is 12.8. The minimum atomic E-state index is 0.704. The molecule has 0 fully saturated rings. The molecular formula is C64H43N3. The largest absolute Gasteiger partial charge is 0.309 e. The van der Waals surface area contributed by atoms with Crippen molar-refractivity contribution in [3.63, 3.8) is 0 Å². The van der Waals surface area contributed by atoms with Gasteiger partial charge >= 0.3 is 0 Å². The predicted octanol–water partition coefficient (Wildman–Crippen LogP) is 16.9. The molecule has 314 valence electrons. The molecule has 12 aromatic rings. The van der Waals surface area contributed by atoms with E-state index in [4.69, 9.17) is 9.97 Å². The molecule has 0 bridgehead atoms. The summed E-state index contributed by atoms with van der Waals surface area (Å²) in [6, 6.07) is 93.3. The SMILES string of the molecule is c1ccc(-c2cc(-c3ccccc3)cc(-c3cc(-c4ccc(-c5cc(-c6ccccc6)nc(-c6ccccc6)n5)cc4)cc(-c4ccc(-n5c6ccccc6c6ccccc65)cc4)c3)c2)cc1. The quantitative estimate of drug-likeness (QED) is 0.145. The van der Waals surface area contributed by atoms with Gasteiger partial charge in [0.1, 0.15) is 0 Å². The Labute approximate surface area is 390 Å². The molecular weight excluding hydrogens is 811 g/mol. The first-order valence-electron chi connectivity index (χ1n) is 22.8. The minimum Gasteiger partial charge on any atom is -0.309 e. The number of para-hydroxylation sites is 2. The summed E-state index contributed by atoms with van der Waals surface area (Å²) in [5.41, 5.74) is 19.9. The van der Waals surface area contributed by atoms with Gasteiger partial charge in [0.15, 0.2) is 5.82 Å². The minimum absolute atomic E-state index is 0.704. The van der Waals surface area contributed by atoms with Crippen molar-refractivity contribution in [1.82, 2.24) is 14.5 Å². The summed E-state index contributed by atoms with van der Waals surface area (Å²) in [5, 5.41) is 2.51. The highest BCUT2D eigenvalue weighted by Gasteiger charge is 2.16. The van der Waals surface area contributed by atoms with E-state index in [0.717, 1.165) is 67.1 Å². The zero-order chi connectivity index (χ0) is 44.5. The Balaban J connectivity index is 0.992. The van der Waals surface area contributed by atoms with Gasteiger partial charge in [-0.15, -0.1) is 0 Å². The van der Waals surface area contributed by atoms with Gasteiger partial charge in [-0.1, -0.05) is 194 Å². The van der Waals surface area contributed by atoms with E-state index < -0.39 is 0 Å². The molecule has 10 aromatic carbocycles. The van der Waals surface area contributed by atoms with Crippen LogP contribution in [0.2, 0.25) is 0 Å². The Morgan fingerprint density at radius 3 is 0.955 bits per heavy atom. The lowest BCUT2D eigenvalue weighted by molar-refractivity contribution is 1.18. The first-order valence-corrected chi connectivity index (χ1v) is 22.8. The van der Waals surface area contributed by atoms with Gasteiger partial charge in [-0.05, 0) is 122 Å². The molecule has 0 aliphatic heterocycles. The Bertz CT molecular complexity index is 3520. The third kappa shape index (κ3) is 7.79. The molecule has 0 amide bonds. The first-order chi connectivity index (χ1) is 33.2. The van der Waals surface area contributed by atoms with Crippen LogP contribution in [-0.2, 0) is 0 Å². The van der Waals surface area contributed by atoms with Crippen LogP contribution in [0.3, 0.4) is 0 Å². The molecule has 3 heteroatoms. The highest BCUT2D eigenvalue weighted by Crippen LogP contribution is 2.39. The zero-order valence-electron chi connectivity index (χ0n) is 36.7. The van der Waals surface area contributed by atoms with Crippen molar-refractivity contribution in [3.8, 4) is 95.2 Å². The number of fused-ring (bicyclic) bond motifs is 3. The zero-order valence-corrected chi connectivity index (χ0v) is 36.7. The molecule has 0 spiro atoms. The van der Waals surface area contributed by atoms with Crippen LogP contribution in [0.25, 0.3) is 117 Å². The maximum atomic E-state index is 5.12. The molecule has 0 N–H and O–H groups in total. The Hall–Kier alpha value is -8.92. The van der Waals surface area contributed by atoms with E-state index in [0.29, 0.717) is 5.82 Å². The molecule has 67 heavy (non-hydrogen) atoms. The number of rotatable bonds is 9. The lowest BCUT2D eigenvalue weighted by atomic mass is 9.89. The summed E-state index contributed by atoms with van der Waals surface area (Å²) in [6.07, 6.45) is 0. The van der Waals surface area contributed by atoms with E-state index in [1.165, 1.54) is 44.1 Å². The van der Waals surface area contributed by atoms with Crippen molar-refractivity contribution >= 4 is 21.8 Å². The lowest BCUT2D eigenvalue weighted by Gasteiger charge is -2.15. The van der Waals surface area contributed by atoms with Crippen LogP contribution in [0, 0.1) is 0 Å². The molecule has 3 nitrogen and oxygen atoms in total. The van der Waals surface area contributed by atoms with Gasteiger partial charge in [-0.2, -0.15) is 0 Å². The van der Waals surface area contributed by atoms with Gasteiger partial charge < -0.3 is 4.57 Å². The maximum Gasteiger partial charge on any atom is 0.160 e. The van der Waals surface area contributed by atoms with Crippen LogP contribution >= 0.6 is 0 Å². The molecule has 0 saturated heterocycles. The molecule has 2 heterocycles. The molecule has 0 radical (unpaired) electrons. The van der Waals surface area contributed by atoms with Gasteiger partial charge in [-0.3, -0.25) is 0 Å². The molecule has 2 aromatic heterocycles. The maximum absolute atomic E-state index is 5.12. The standard InChI is InChI=1S/C64H43N3/c1-5-17-44(18-6-1)51-37-52(45-19-7-2-8-20-45)40-55(39-51)56-41-53(38-54(42-56)47-33-35-57(36-34-47)67-62-27-15-13-25-58(62)59-26-14-16-28-63(59)67)46-29-31-49(32-30-46)61-43-60(48-21-9-3-10-22-48)65-64(66-61)50-23-11-4-12-24-50/h1-43H. The second-order valence-electron chi connectivity index (χ2n) is 17.0. The third-order valence-corrected chi connectivity index (χ3v) is 12.8. The van der Waals surface area contributed by atoms with E-state index >= 15 is 0 Å². The van der Waals surface area contributed by atoms with Crippen LogP contribution < -0.4 is 0 Å². The Kier molecular flexibility index (Phi) is 10.2. The molecule has 12 rings (SSSR count).